The number of hydrogen-bond donors (Lipinski definition) is 0. The number of hydrogen-bond acceptors (Lipinski definition) is 3. The van der Waals surface area contributed by atoms with Crippen LogP contribution in [0.15, 0.2) is 30.6 Å². The van der Waals surface area contributed by atoms with Crippen molar-refractivity contribution in [2.45, 2.75) is 0 Å². The molecule has 0 amide bonds. The molecule has 2 aromatic rings. The maximum atomic E-state index is 10.9. The van der Waals surface area contributed by atoms with Gasteiger partial charge in [0.1, 0.15) is 0 Å². The minimum absolute atomic E-state index is 0.523. The van der Waals surface area contributed by atoms with Gasteiger partial charge in [-0.05, 0) is 18.2 Å². The van der Waals surface area contributed by atoms with Crippen LogP contribution in [-0.4, -0.2) is 23.2 Å². The smallest absolute Gasteiger partial charge is 0.157 e. The van der Waals surface area contributed by atoms with Gasteiger partial charge < -0.3 is 4.74 Å². The van der Waals surface area contributed by atoms with Crippen LogP contribution in [-0.2, 0) is 0 Å². The Kier molecular flexibility index (Phi) is 2.92. The average Bonchev–Trinajstić information content (AvgIpc) is 2.77. The van der Waals surface area contributed by atoms with Crippen LogP contribution in [0.4, 0.5) is 0 Å². The van der Waals surface area contributed by atoms with E-state index >= 15 is 0 Å². The molecule has 0 radical (unpaired) electrons. The molecule has 0 saturated carbocycles. The molecule has 0 fully saturated rings. The highest BCUT2D eigenvalue weighted by molar-refractivity contribution is 6.30. The molecule has 0 bridgehead atoms. The van der Waals surface area contributed by atoms with E-state index in [0.29, 0.717) is 22.0 Å². The number of aldehydes is 1. The van der Waals surface area contributed by atoms with Gasteiger partial charge in [0.05, 0.1) is 25.2 Å². The summed E-state index contributed by atoms with van der Waals surface area (Å²) in [6.07, 6.45) is 4.01. The van der Waals surface area contributed by atoms with Gasteiger partial charge in [-0.3, -0.25) is 4.79 Å². The van der Waals surface area contributed by atoms with E-state index < -0.39 is 0 Å². The van der Waals surface area contributed by atoms with Crippen LogP contribution in [0.25, 0.3) is 5.69 Å². The van der Waals surface area contributed by atoms with Gasteiger partial charge in [-0.1, -0.05) is 11.6 Å². The zero-order valence-corrected chi connectivity index (χ0v) is 9.31. The van der Waals surface area contributed by atoms with Crippen LogP contribution in [0.3, 0.4) is 0 Å². The van der Waals surface area contributed by atoms with E-state index in [2.05, 4.69) is 5.10 Å². The number of aromatic nitrogens is 2. The summed E-state index contributed by atoms with van der Waals surface area (Å²) >= 11 is 5.88. The van der Waals surface area contributed by atoms with Crippen molar-refractivity contribution in [2.75, 3.05) is 7.11 Å². The second-order valence-corrected chi connectivity index (χ2v) is 3.58. The zero-order valence-electron chi connectivity index (χ0n) is 8.55. The van der Waals surface area contributed by atoms with E-state index in [0.717, 1.165) is 6.29 Å². The van der Waals surface area contributed by atoms with E-state index in [1.165, 1.54) is 0 Å². The van der Waals surface area contributed by atoms with Gasteiger partial charge in [0.25, 0.3) is 0 Å². The topological polar surface area (TPSA) is 44.1 Å². The number of benzene rings is 1. The maximum Gasteiger partial charge on any atom is 0.157 e. The van der Waals surface area contributed by atoms with Gasteiger partial charge >= 0.3 is 0 Å². The lowest BCUT2D eigenvalue weighted by atomic mass is 10.2. The molecule has 1 aromatic carbocycles. The predicted molar refractivity (Wildman–Crippen MR) is 60.5 cm³/mol. The maximum absolute atomic E-state index is 10.9. The monoisotopic (exact) mass is 236 g/mol. The molecule has 0 saturated heterocycles. The number of carbonyl (C=O) groups is 1. The molecule has 4 nitrogen and oxygen atoms in total. The molecule has 0 aliphatic heterocycles. The summed E-state index contributed by atoms with van der Waals surface area (Å²) < 4.78 is 6.57. The van der Waals surface area contributed by atoms with E-state index in [1.54, 1.807) is 42.4 Å². The van der Waals surface area contributed by atoms with Crippen LogP contribution in [0.5, 0.6) is 5.75 Å². The second kappa shape index (κ2) is 4.37. The number of ether oxygens (including phenoxy) is 1. The van der Waals surface area contributed by atoms with Crippen molar-refractivity contribution in [3.63, 3.8) is 0 Å². The Hall–Kier alpha value is -1.81. The molecule has 0 atom stereocenters. The van der Waals surface area contributed by atoms with Crippen LogP contribution >= 0.6 is 11.6 Å². The molecule has 0 unspecified atom stereocenters. The minimum Gasteiger partial charge on any atom is -0.493 e. The van der Waals surface area contributed by atoms with E-state index in [9.17, 15) is 4.79 Å². The fourth-order valence-electron chi connectivity index (χ4n) is 1.36. The van der Waals surface area contributed by atoms with E-state index in [-0.39, 0.29) is 0 Å². The number of rotatable bonds is 3. The Morgan fingerprint density at radius 3 is 2.94 bits per heavy atom. The summed E-state index contributed by atoms with van der Waals surface area (Å²) in [5.74, 6) is 0.622. The molecular weight excluding hydrogens is 228 g/mol. The number of nitrogens with zero attached hydrogens (tertiary/aromatic N) is 2. The lowest BCUT2D eigenvalue weighted by molar-refractivity contribution is 0.112. The Bertz CT molecular complexity index is 522. The summed E-state index contributed by atoms with van der Waals surface area (Å²) in [5, 5.41) is 4.63. The van der Waals surface area contributed by atoms with Crippen molar-refractivity contribution in [1.29, 1.82) is 0 Å². The Morgan fingerprint density at radius 1 is 1.50 bits per heavy atom. The molecule has 1 aromatic heterocycles. The lowest BCUT2D eigenvalue weighted by Gasteiger charge is -2.04. The Balaban J connectivity index is 2.53. The first kappa shape index (κ1) is 10.7. The molecule has 0 N–H and O–H groups in total. The first-order valence-electron chi connectivity index (χ1n) is 4.58. The van der Waals surface area contributed by atoms with E-state index in [1.807, 2.05) is 0 Å². The summed E-state index contributed by atoms with van der Waals surface area (Å²) in [6.45, 7) is 0. The normalized spacial score (nSPS) is 10.1. The van der Waals surface area contributed by atoms with Crippen molar-refractivity contribution in [2.24, 2.45) is 0 Å². The third-order valence-electron chi connectivity index (χ3n) is 2.16. The van der Waals surface area contributed by atoms with Crippen molar-refractivity contribution >= 4 is 17.9 Å². The predicted octanol–water partition coefficient (Wildman–Crippen LogP) is 2.35. The molecular formula is C11H9ClN2O2. The van der Waals surface area contributed by atoms with Crippen molar-refractivity contribution in [1.82, 2.24) is 9.78 Å². The largest absolute Gasteiger partial charge is 0.493 e. The number of carbonyl (C=O) groups excluding carboxylic acids is 1. The van der Waals surface area contributed by atoms with Gasteiger partial charge in [-0.25, -0.2) is 4.68 Å². The summed E-state index contributed by atoms with van der Waals surface area (Å²) in [7, 11) is 1.56. The highest BCUT2D eigenvalue weighted by Gasteiger charge is 2.07. The molecule has 1 heterocycles. The SMILES string of the molecule is COc1cnn(-c2cc(Cl)ccc2C=O)c1. The highest BCUT2D eigenvalue weighted by Crippen LogP contribution is 2.20. The van der Waals surface area contributed by atoms with Crippen LogP contribution in [0, 0.1) is 0 Å². The summed E-state index contributed by atoms with van der Waals surface area (Å²) in [6, 6.07) is 4.99. The number of methoxy groups -OCH3 is 1. The Morgan fingerprint density at radius 2 is 2.31 bits per heavy atom. The van der Waals surface area contributed by atoms with Crippen LogP contribution in [0.1, 0.15) is 10.4 Å². The van der Waals surface area contributed by atoms with E-state index in [4.69, 9.17) is 16.3 Å². The third kappa shape index (κ3) is 1.92. The fraction of sp³-hybridized carbons (Fsp3) is 0.0909. The average molecular weight is 237 g/mol. The molecule has 82 valence electrons. The third-order valence-corrected chi connectivity index (χ3v) is 2.40. The first-order valence-corrected chi connectivity index (χ1v) is 4.96. The molecule has 0 aliphatic rings. The summed E-state index contributed by atoms with van der Waals surface area (Å²) in [4.78, 5) is 10.9. The highest BCUT2D eigenvalue weighted by atomic mass is 35.5. The van der Waals surface area contributed by atoms with Crippen molar-refractivity contribution < 1.29 is 9.53 Å². The molecule has 2 rings (SSSR count). The summed E-state index contributed by atoms with van der Waals surface area (Å²) in [5.41, 5.74) is 1.15. The quantitative estimate of drug-likeness (QED) is 0.769. The lowest BCUT2D eigenvalue weighted by Crippen LogP contribution is -1.99. The van der Waals surface area contributed by atoms with Crippen molar-refractivity contribution in [3.8, 4) is 11.4 Å². The number of halogens is 1. The fourth-order valence-corrected chi connectivity index (χ4v) is 1.52. The van der Waals surface area contributed by atoms with Gasteiger partial charge in [0, 0.05) is 10.6 Å². The van der Waals surface area contributed by atoms with Gasteiger partial charge in [-0.2, -0.15) is 5.10 Å². The van der Waals surface area contributed by atoms with Crippen LogP contribution in [0.2, 0.25) is 5.02 Å². The van der Waals surface area contributed by atoms with Gasteiger partial charge in [0.15, 0.2) is 12.0 Å². The second-order valence-electron chi connectivity index (χ2n) is 3.15. The van der Waals surface area contributed by atoms with Crippen LogP contribution < -0.4 is 4.74 Å². The molecule has 0 aliphatic carbocycles. The van der Waals surface area contributed by atoms with Gasteiger partial charge in [-0.15, -0.1) is 0 Å². The van der Waals surface area contributed by atoms with Gasteiger partial charge in [0.2, 0.25) is 0 Å². The zero-order chi connectivity index (χ0) is 11.5. The standard InChI is InChI=1S/C11H9ClN2O2/c1-16-10-5-13-14(6-10)11-4-9(12)3-2-8(11)7-15/h2-7H,1H3. The van der Waals surface area contributed by atoms with Crippen molar-refractivity contribution in [3.05, 3.63) is 41.2 Å². The molecule has 5 heteroatoms. The Labute approximate surface area is 97.4 Å². The molecule has 16 heavy (non-hydrogen) atoms. The molecule has 0 spiro atoms. The first-order chi connectivity index (χ1) is 7.74. The minimum atomic E-state index is 0.523.